The lowest BCUT2D eigenvalue weighted by atomic mass is 9.72. The highest BCUT2D eigenvalue weighted by atomic mass is 16.1. The van der Waals surface area contributed by atoms with Gasteiger partial charge in [-0.05, 0) is 23.5 Å². The van der Waals surface area contributed by atoms with Crippen LogP contribution in [0.15, 0.2) is 60.7 Å². The van der Waals surface area contributed by atoms with Crippen LogP contribution in [-0.4, -0.2) is 11.6 Å². The highest BCUT2D eigenvalue weighted by Crippen LogP contribution is 2.36. The highest BCUT2D eigenvalue weighted by Gasteiger charge is 2.36. The van der Waals surface area contributed by atoms with Gasteiger partial charge in [-0.15, -0.1) is 0 Å². The average Bonchev–Trinajstić information content (AvgIpc) is 2.48. The second kappa shape index (κ2) is 6.04. The van der Waals surface area contributed by atoms with Crippen LogP contribution in [-0.2, 0) is 16.0 Å². The highest BCUT2D eigenvalue weighted by molar-refractivity contribution is 6.04. The molecule has 2 atom stereocenters. The Balaban J connectivity index is 1.90. The topological polar surface area (TPSA) is 34.1 Å². The molecule has 1 saturated carbocycles. The van der Waals surface area contributed by atoms with Gasteiger partial charge in [0, 0.05) is 12.3 Å². The molecule has 0 bridgehead atoms. The molecule has 0 spiro atoms. The second-order valence-corrected chi connectivity index (χ2v) is 5.72. The van der Waals surface area contributed by atoms with Gasteiger partial charge in [-0.1, -0.05) is 60.7 Å². The fourth-order valence-corrected chi connectivity index (χ4v) is 3.27. The van der Waals surface area contributed by atoms with Gasteiger partial charge in [0.15, 0.2) is 0 Å². The van der Waals surface area contributed by atoms with Crippen molar-refractivity contribution in [3.8, 4) is 0 Å². The largest absolute Gasteiger partial charge is 0.299 e. The molecule has 21 heavy (non-hydrogen) atoms. The normalized spacial score (nSPS) is 22.3. The number of hydrogen-bond donors (Lipinski definition) is 0. The maximum Gasteiger partial charge on any atom is 0.147 e. The van der Waals surface area contributed by atoms with Crippen molar-refractivity contribution >= 4 is 11.6 Å². The number of carbonyl (C=O) groups excluding carboxylic acids is 2. The van der Waals surface area contributed by atoms with Crippen LogP contribution in [0.25, 0.3) is 0 Å². The second-order valence-electron chi connectivity index (χ2n) is 5.72. The molecule has 0 amide bonds. The Morgan fingerprint density at radius 2 is 1.48 bits per heavy atom. The van der Waals surface area contributed by atoms with E-state index < -0.39 is 0 Å². The molecular weight excluding hydrogens is 260 g/mol. The SMILES string of the molecule is O=C1CC(=O)C(c2ccccc2)C(Cc2ccccc2)C1. The van der Waals surface area contributed by atoms with Crippen LogP contribution in [0.1, 0.15) is 29.9 Å². The van der Waals surface area contributed by atoms with Crippen molar-refractivity contribution < 1.29 is 9.59 Å². The van der Waals surface area contributed by atoms with E-state index in [0.29, 0.717) is 6.42 Å². The Labute approximate surface area is 124 Å². The van der Waals surface area contributed by atoms with Gasteiger partial charge in [0.1, 0.15) is 11.6 Å². The van der Waals surface area contributed by atoms with Gasteiger partial charge in [-0.2, -0.15) is 0 Å². The predicted molar refractivity (Wildman–Crippen MR) is 82.1 cm³/mol. The van der Waals surface area contributed by atoms with Crippen LogP contribution in [0.3, 0.4) is 0 Å². The van der Waals surface area contributed by atoms with Gasteiger partial charge >= 0.3 is 0 Å². The molecule has 0 aliphatic heterocycles. The summed E-state index contributed by atoms with van der Waals surface area (Å²) in [5.74, 6) is 0.0687. The summed E-state index contributed by atoms with van der Waals surface area (Å²) in [4.78, 5) is 24.2. The summed E-state index contributed by atoms with van der Waals surface area (Å²) in [6.07, 6.45) is 1.36. The van der Waals surface area contributed by atoms with E-state index in [-0.39, 0.29) is 29.8 Å². The molecule has 2 heteroatoms. The van der Waals surface area contributed by atoms with Crippen LogP contribution in [0.5, 0.6) is 0 Å². The molecule has 2 nitrogen and oxygen atoms in total. The van der Waals surface area contributed by atoms with Crippen molar-refractivity contribution in [2.45, 2.75) is 25.2 Å². The Hall–Kier alpha value is -2.22. The number of rotatable bonds is 3. The zero-order valence-electron chi connectivity index (χ0n) is 11.9. The van der Waals surface area contributed by atoms with Gasteiger partial charge < -0.3 is 0 Å². The first-order valence-electron chi connectivity index (χ1n) is 7.37. The van der Waals surface area contributed by atoms with E-state index in [0.717, 1.165) is 12.0 Å². The number of ketones is 2. The summed E-state index contributed by atoms with van der Waals surface area (Å²) in [7, 11) is 0. The minimum absolute atomic E-state index is 0.0679. The van der Waals surface area contributed by atoms with E-state index in [4.69, 9.17) is 0 Å². The number of hydrogen-bond acceptors (Lipinski definition) is 2. The molecule has 0 aromatic heterocycles. The average molecular weight is 278 g/mol. The van der Waals surface area contributed by atoms with E-state index in [9.17, 15) is 9.59 Å². The standard InChI is InChI=1S/C19H18O2/c20-17-12-16(11-14-7-3-1-4-8-14)19(18(21)13-17)15-9-5-2-6-10-15/h1-10,16,19H,11-13H2. The lowest BCUT2D eigenvalue weighted by Gasteiger charge is -2.30. The first kappa shape index (κ1) is 13.7. The summed E-state index contributed by atoms with van der Waals surface area (Å²) >= 11 is 0. The summed E-state index contributed by atoms with van der Waals surface area (Å²) in [5.41, 5.74) is 2.22. The van der Waals surface area contributed by atoms with Crippen LogP contribution in [0.2, 0.25) is 0 Å². The molecule has 0 radical (unpaired) electrons. The van der Waals surface area contributed by atoms with Crippen LogP contribution in [0.4, 0.5) is 0 Å². The fourth-order valence-electron chi connectivity index (χ4n) is 3.27. The maximum atomic E-state index is 12.4. The first-order chi connectivity index (χ1) is 10.2. The van der Waals surface area contributed by atoms with E-state index in [1.165, 1.54) is 5.56 Å². The quantitative estimate of drug-likeness (QED) is 0.804. The number of benzene rings is 2. The van der Waals surface area contributed by atoms with E-state index >= 15 is 0 Å². The Bertz CT molecular complexity index is 631. The Kier molecular flexibility index (Phi) is 3.96. The Morgan fingerprint density at radius 1 is 0.857 bits per heavy atom. The number of carbonyl (C=O) groups is 2. The van der Waals surface area contributed by atoms with Gasteiger partial charge in [0.25, 0.3) is 0 Å². The third kappa shape index (κ3) is 3.10. The molecule has 0 N–H and O–H groups in total. The molecular formula is C19H18O2. The van der Waals surface area contributed by atoms with Gasteiger partial charge in [-0.3, -0.25) is 9.59 Å². The summed E-state index contributed by atoms with van der Waals surface area (Å²) < 4.78 is 0. The van der Waals surface area contributed by atoms with Crippen LogP contribution >= 0.6 is 0 Å². The van der Waals surface area contributed by atoms with Crippen molar-refractivity contribution in [1.29, 1.82) is 0 Å². The molecule has 106 valence electrons. The predicted octanol–water partition coefficient (Wildman–Crippen LogP) is 3.56. The van der Waals surface area contributed by atoms with Gasteiger partial charge in [0.2, 0.25) is 0 Å². The van der Waals surface area contributed by atoms with Crippen LogP contribution in [0, 0.1) is 5.92 Å². The summed E-state index contributed by atoms with van der Waals surface area (Å²) in [6, 6.07) is 20.0. The molecule has 1 aliphatic rings. The summed E-state index contributed by atoms with van der Waals surface area (Å²) in [5, 5.41) is 0. The molecule has 0 saturated heterocycles. The maximum absolute atomic E-state index is 12.4. The molecule has 1 fully saturated rings. The van der Waals surface area contributed by atoms with Gasteiger partial charge in [0.05, 0.1) is 6.42 Å². The summed E-state index contributed by atoms with van der Waals surface area (Å²) in [6.45, 7) is 0. The molecule has 2 aromatic rings. The van der Waals surface area contributed by atoms with Crippen molar-refractivity contribution in [3.05, 3.63) is 71.8 Å². The van der Waals surface area contributed by atoms with Crippen molar-refractivity contribution in [2.75, 3.05) is 0 Å². The minimum atomic E-state index is -0.149. The van der Waals surface area contributed by atoms with Gasteiger partial charge in [-0.25, -0.2) is 0 Å². The number of Topliss-reactive ketones (excluding diaryl/α,β-unsaturated/α-hetero) is 2. The third-order valence-electron chi connectivity index (χ3n) is 4.18. The smallest absolute Gasteiger partial charge is 0.147 e. The van der Waals surface area contributed by atoms with Crippen LogP contribution < -0.4 is 0 Å². The lowest BCUT2D eigenvalue weighted by Crippen LogP contribution is -2.32. The monoisotopic (exact) mass is 278 g/mol. The molecule has 2 unspecified atom stereocenters. The third-order valence-corrected chi connectivity index (χ3v) is 4.18. The molecule has 3 rings (SSSR count). The van der Waals surface area contributed by atoms with Crippen molar-refractivity contribution in [1.82, 2.24) is 0 Å². The zero-order valence-corrected chi connectivity index (χ0v) is 11.9. The Morgan fingerprint density at radius 3 is 2.14 bits per heavy atom. The van der Waals surface area contributed by atoms with E-state index in [2.05, 4.69) is 12.1 Å². The van der Waals surface area contributed by atoms with Crippen molar-refractivity contribution in [3.63, 3.8) is 0 Å². The first-order valence-corrected chi connectivity index (χ1v) is 7.37. The van der Waals surface area contributed by atoms with E-state index in [1.807, 2.05) is 48.5 Å². The fraction of sp³-hybridized carbons (Fsp3) is 0.263. The zero-order chi connectivity index (χ0) is 14.7. The van der Waals surface area contributed by atoms with Crippen molar-refractivity contribution in [2.24, 2.45) is 5.92 Å². The molecule has 2 aromatic carbocycles. The molecule has 1 aliphatic carbocycles. The molecule has 0 heterocycles. The minimum Gasteiger partial charge on any atom is -0.299 e. The lowest BCUT2D eigenvalue weighted by molar-refractivity contribution is -0.132. The van der Waals surface area contributed by atoms with E-state index in [1.54, 1.807) is 0 Å².